The Bertz CT molecular complexity index is 802. The summed E-state index contributed by atoms with van der Waals surface area (Å²) in [6, 6.07) is -0.951. The Labute approximate surface area is 123 Å². The van der Waals surface area contributed by atoms with Crippen molar-refractivity contribution in [1.29, 1.82) is 0 Å². The predicted molar refractivity (Wildman–Crippen MR) is 69.5 cm³/mol. The normalized spacial score (nSPS) is 29.9. The summed E-state index contributed by atoms with van der Waals surface area (Å²) in [7, 11) is 0. The van der Waals surface area contributed by atoms with E-state index in [9.17, 15) is 13.2 Å². The van der Waals surface area contributed by atoms with Gasteiger partial charge in [0.15, 0.2) is 11.6 Å². The summed E-state index contributed by atoms with van der Waals surface area (Å²) < 4.78 is 54.5. The van der Waals surface area contributed by atoms with Crippen LogP contribution in [-0.2, 0) is 9.47 Å². The largest absolute Gasteiger partial charge is 0.342 e. The van der Waals surface area contributed by atoms with E-state index in [2.05, 4.69) is 9.97 Å². The van der Waals surface area contributed by atoms with Crippen molar-refractivity contribution in [1.82, 2.24) is 14.5 Å². The maximum Gasteiger partial charge on any atom is 0.241 e. The maximum absolute atomic E-state index is 14.3. The van der Waals surface area contributed by atoms with E-state index in [0.717, 1.165) is 6.20 Å². The standard InChI is InChI=1S/C14H12F3N3O2/c1-14(2)21-8-3-6(15)11(12(8)22-14)20-5-19-9-10(20)7(16)4-18-13(9)17/h3-5,8,11-12H,1-2H3/t8-,11-,12-/m1/s1. The molecule has 2 aromatic heterocycles. The smallest absolute Gasteiger partial charge is 0.241 e. The lowest BCUT2D eigenvalue weighted by atomic mass is 10.1. The number of halogens is 3. The van der Waals surface area contributed by atoms with Gasteiger partial charge in [-0.3, -0.25) is 0 Å². The fraction of sp³-hybridized carbons (Fsp3) is 0.429. The minimum Gasteiger partial charge on any atom is -0.342 e. The van der Waals surface area contributed by atoms with Gasteiger partial charge in [0, 0.05) is 0 Å². The SMILES string of the molecule is CC1(C)O[C@H]2[C@H](n3cnc4c(F)ncc(F)c43)C(F)=C[C@H]2O1. The Balaban J connectivity index is 1.86. The first-order valence-electron chi connectivity index (χ1n) is 6.77. The quantitative estimate of drug-likeness (QED) is 0.760. The molecule has 8 heteroatoms. The molecule has 1 aliphatic heterocycles. The first-order valence-corrected chi connectivity index (χ1v) is 6.77. The number of hydrogen-bond acceptors (Lipinski definition) is 4. The summed E-state index contributed by atoms with van der Waals surface area (Å²) in [4.78, 5) is 7.08. The Morgan fingerprint density at radius 3 is 2.73 bits per heavy atom. The maximum atomic E-state index is 14.3. The average molecular weight is 311 g/mol. The van der Waals surface area contributed by atoms with Crippen molar-refractivity contribution in [2.75, 3.05) is 0 Å². The molecule has 116 valence electrons. The van der Waals surface area contributed by atoms with E-state index in [1.54, 1.807) is 13.8 Å². The van der Waals surface area contributed by atoms with Crippen LogP contribution in [0.4, 0.5) is 13.2 Å². The third kappa shape index (κ3) is 1.80. The fourth-order valence-electron chi connectivity index (χ4n) is 3.09. The number of fused-ring (bicyclic) bond motifs is 2. The van der Waals surface area contributed by atoms with Gasteiger partial charge in [-0.1, -0.05) is 0 Å². The van der Waals surface area contributed by atoms with Gasteiger partial charge in [0.25, 0.3) is 0 Å². The monoisotopic (exact) mass is 311 g/mol. The van der Waals surface area contributed by atoms with Crippen molar-refractivity contribution in [3.05, 3.63) is 36.2 Å². The molecule has 1 saturated heterocycles. The third-order valence-corrected chi connectivity index (χ3v) is 3.89. The number of pyridine rings is 1. The van der Waals surface area contributed by atoms with Gasteiger partial charge in [0.05, 0.1) is 12.5 Å². The van der Waals surface area contributed by atoms with Gasteiger partial charge in [-0.15, -0.1) is 0 Å². The summed E-state index contributed by atoms with van der Waals surface area (Å²) in [6.07, 6.45) is 1.99. The van der Waals surface area contributed by atoms with Gasteiger partial charge in [-0.05, 0) is 19.9 Å². The first-order chi connectivity index (χ1) is 10.4. The number of aromatic nitrogens is 3. The van der Waals surface area contributed by atoms with Crippen LogP contribution in [0.25, 0.3) is 11.0 Å². The number of ether oxygens (including phenoxy) is 2. The van der Waals surface area contributed by atoms with Crippen molar-refractivity contribution < 1.29 is 22.6 Å². The molecule has 4 rings (SSSR count). The van der Waals surface area contributed by atoms with Crippen LogP contribution in [0.5, 0.6) is 0 Å². The van der Waals surface area contributed by atoms with E-state index in [4.69, 9.17) is 9.47 Å². The van der Waals surface area contributed by atoms with E-state index in [1.165, 1.54) is 17.0 Å². The molecule has 0 N–H and O–H groups in total. The van der Waals surface area contributed by atoms with Crippen LogP contribution in [0.2, 0.25) is 0 Å². The molecule has 1 aliphatic carbocycles. The van der Waals surface area contributed by atoms with Crippen LogP contribution in [0.3, 0.4) is 0 Å². The molecule has 0 aromatic carbocycles. The van der Waals surface area contributed by atoms with Crippen molar-refractivity contribution in [3.8, 4) is 0 Å². The summed E-state index contributed by atoms with van der Waals surface area (Å²) in [5.74, 6) is -3.07. The van der Waals surface area contributed by atoms with Crippen LogP contribution in [-0.4, -0.2) is 32.5 Å². The lowest BCUT2D eigenvalue weighted by Crippen LogP contribution is -2.28. The van der Waals surface area contributed by atoms with Crippen molar-refractivity contribution >= 4 is 11.0 Å². The highest BCUT2D eigenvalue weighted by molar-refractivity contribution is 5.75. The molecule has 2 aliphatic rings. The van der Waals surface area contributed by atoms with Crippen molar-refractivity contribution in [2.45, 2.75) is 37.9 Å². The molecule has 5 nitrogen and oxygen atoms in total. The molecule has 3 heterocycles. The molecule has 22 heavy (non-hydrogen) atoms. The van der Waals surface area contributed by atoms with E-state index in [1.807, 2.05) is 0 Å². The lowest BCUT2D eigenvalue weighted by Gasteiger charge is -2.23. The van der Waals surface area contributed by atoms with E-state index < -0.39 is 41.6 Å². The third-order valence-electron chi connectivity index (χ3n) is 3.89. The molecule has 0 radical (unpaired) electrons. The van der Waals surface area contributed by atoms with Gasteiger partial charge in [-0.2, -0.15) is 4.39 Å². The highest BCUT2D eigenvalue weighted by atomic mass is 19.1. The Morgan fingerprint density at radius 2 is 1.95 bits per heavy atom. The van der Waals surface area contributed by atoms with Crippen LogP contribution in [0, 0.1) is 11.8 Å². The number of imidazole rings is 1. The second-order valence-corrected chi connectivity index (χ2v) is 5.81. The second-order valence-electron chi connectivity index (χ2n) is 5.81. The van der Waals surface area contributed by atoms with Gasteiger partial charge in [0.1, 0.15) is 35.1 Å². The molecule has 3 atom stereocenters. The van der Waals surface area contributed by atoms with Crippen LogP contribution < -0.4 is 0 Å². The number of rotatable bonds is 1. The highest BCUT2D eigenvalue weighted by Gasteiger charge is 2.51. The van der Waals surface area contributed by atoms with Gasteiger partial charge >= 0.3 is 0 Å². The number of hydrogen-bond donors (Lipinski definition) is 0. The van der Waals surface area contributed by atoms with Gasteiger partial charge in [0.2, 0.25) is 5.95 Å². The molecule has 0 bridgehead atoms. The zero-order valence-corrected chi connectivity index (χ0v) is 11.8. The minimum absolute atomic E-state index is 0.144. The average Bonchev–Trinajstić information content (AvgIpc) is 3.04. The summed E-state index contributed by atoms with van der Waals surface area (Å²) in [5.41, 5.74) is -0.385. The molecular weight excluding hydrogens is 299 g/mol. The van der Waals surface area contributed by atoms with E-state index in [-0.39, 0.29) is 11.0 Å². The minimum atomic E-state index is -0.951. The molecule has 0 unspecified atom stereocenters. The predicted octanol–water partition coefficient (Wildman–Crippen LogP) is 2.64. The van der Waals surface area contributed by atoms with Crippen LogP contribution in [0.15, 0.2) is 24.4 Å². The summed E-state index contributed by atoms with van der Waals surface area (Å²) in [6.45, 7) is 3.43. The van der Waals surface area contributed by atoms with Crippen LogP contribution >= 0.6 is 0 Å². The second kappa shape index (κ2) is 4.30. The summed E-state index contributed by atoms with van der Waals surface area (Å²) >= 11 is 0. The van der Waals surface area contributed by atoms with Gasteiger partial charge < -0.3 is 14.0 Å². The van der Waals surface area contributed by atoms with E-state index in [0.29, 0.717) is 0 Å². The molecule has 0 spiro atoms. The molecular formula is C14H12F3N3O2. The number of nitrogens with zero attached hydrogens (tertiary/aromatic N) is 3. The molecule has 1 fully saturated rings. The molecule has 0 saturated carbocycles. The van der Waals surface area contributed by atoms with Crippen molar-refractivity contribution in [3.63, 3.8) is 0 Å². The van der Waals surface area contributed by atoms with Gasteiger partial charge in [-0.25, -0.2) is 18.7 Å². The Kier molecular flexibility index (Phi) is 2.68. The van der Waals surface area contributed by atoms with Crippen molar-refractivity contribution in [2.24, 2.45) is 0 Å². The van der Waals surface area contributed by atoms with Crippen LogP contribution in [0.1, 0.15) is 19.9 Å². The Morgan fingerprint density at radius 1 is 1.18 bits per heavy atom. The van der Waals surface area contributed by atoms with E-state index >= 15 is 0 Å². The lowest BCUT2D eigenvalue weighted by molar-refractivity contribution is -0.148. The fourth-order valence-corrected chi connectivity index (χ4v) is 3.09. The molecule has 0 amide bonds. The summed E-state index contributed by atoms with van der Waals surface area (Å²) in [5, 5.41) is 0. The highest BCUT2D eigenvalue weighted by Crippen LogP contribution is 2.44. The topological polar surface area (TPSA) is 49.2 Å². The first kappa shape index (κ1) is 13.7. The Hall–Kier alpha value is -1.93. The zero-order chi connectivity index (χ0) is 15.6. The zero-order valence-electron chi connectivity index (χ0n) is 11.8. The molecule has 2 aromatic rings.